The molecule has 1 aliphatic heterocycles. The van der Waals surface area contributed by atoms with Gasteiger partial charge in [0, 0.05) is 6.54 Å². The third kappa shape index (κ3) is 3.35. The molecule has 0 aliphatic carbocycles. The molecular weight excluding hydrogens is 270 g/mol. The maximum Gasteiger partial charge on any atom is 0.411 e. The first-order valence-corrected chi connectivity index (χ1v) is 6.97. The molecule has 1 atom stereocenters. The van der Waals surface area contributed by atoms with E-state index < -0.39 is 23.7 Å². The number of carbonyl (C=O) groups excluding carboxylic acids is 2. The number of aryl methyl sites for hydroxylation is 1. The number of carboxylic acids is 1. The highest BCUT2D eigenvalue weighted by Crippen LogP contribution is 2.27. The molecule has 114 valence electrons. The number of benzene rings is 1. The van der Waals surface area contributed by atoms with Crippen LogP contribution in [0.5, 0.6) is 0 Å². The first-order chi connectivity index (χ1) is 9.69. The van der Waals surface area contributed by atoms with Crippen LogP contribution in [0.2, 0.25) is 0 Å². The topological polar surface area (TPSA) is 69.7 Å². The van der Waals surface area contributed by atoms with Crippen LogP contribution >= 0.6 is 0 Å². The summed E-state index contributed by atoms with van der Waals surface area (Å²) in [5.74, 6) is -1.25. The number of fused-ring (bicyclic) bond motifs is 1. The van der Waals surface area contributed by atoms with E-state index in [4.69, 9.17) is 4.74 Å². The molecule has 1 aromatic rings. The second-order valence-corrected chi connectivity index (χ2v) is 6.36. The van der Waals surface area contributed by atoms with Gasteiger partial charge in [0.05, 0.1) is 12.0 Å². The molecule has 0 saturated carbocycles. The Balaban J connectivity index is 2.32. The van der Waals surface area contributed by atoms with Gasteiger partial charge in [-0.2, -0.15) is 0 Å². The second kappa shape index (κ2) is 5.39. The molecule has 5 nitrogen and oxygen atoms in total. The molecule has 0 radical (unpaired) electrons. The zero-order valence-corrected chi connectivity index (χ0v) is 12.8. The number of nitrogens with zero attached hydrogens (tertiary/aromatic N) is 1. The van der Waals surface area contributed by atoms with Gasteiger partial charge in [-0.15, -0.1) is 0 Å². The molecule has 2 rings (SSSR count). The minimum Gasteiger partial charge on any atom is -0.548 e. The van der Waals surface area contributed by atoms with Crippen LogP contribution in [-0.2, 0) is 22.5 Å². The van der Waals surface area contributed by atoms with Crippen molar-refractivity contribution in [2.24, 2.45) is 0 Å². The number of ether oxygens (including phenoxy) is 1. The Bertz CT molecular complexity index is 574. The van der Waals surface area contributed by atoms with E-state index in [1.54, 1.807) is 20.8 Å². The van der Waals surface area contributed by atoms with Crippen molar-refractivity contribution >= 4 is 12.1 Å². The number of amides is 1. The summed E-state index contributed by atoms with van der Waals surface area (Å²) < 4.78 is 5.30. The van der Waals surface area contributed by atoms with Gasteiger partial charge in [-0.25, -0.2) is 4.79 Å². The monoisotopic (exact) mass is 290 g/mol. The molecule has 0 aromatic heterocycles. The van der Waals surface area contributed by atoms with E-state index in [1.807, 2.05) is 25.1 Å². The molecule has 1 heterocycles. The smallest absolute Gasteiger partial charge is 0.411 e. The minimum absolute atomic E-state index is 0.227. The number of aliphatic carboxylic acids is 1. The van der Waals surface area contributed by atoms with Gasteiger partial charge in [0.2, 0.25) is 0 Å². The Morgan fingerprint density at radius 1 is 1.33 bits per heavy atom. The fourth-order valence-electron chi connectivity index (χ4n) is 2.52. The van der Waals surface area contributed by atoms with Gasteiger partial charge in [0.25, 0.3) is 0 Å². The number of carbonyl (C=O) groups is 2. The Morgan fingerprint density at radius 3 is 2.57 bits per heavy atom. The van der Waals surface area contributed by atoms with Crippen LogP contribution in [0, 0.1) is 6.92 Å². The predicted octanol–water partition coefficient (Wildman–Crippen LogP) is 1.41. The van der Waals surface area contributed by atoms with Crippen molar-refractivity contribution in [3.63, 3.8) is 0 Å². The summed E-state index contributed by atoms with van der Waals surface area (Å²) in [7, 11) is 0. The molecule has 0 fully saturated rings. The highest BCUT2D eigenvalue weighted by atomic mass is 16.6. The molecule has 1 amide bonds. The van der Waals surface area contributed by atoms with E-state index in [-0.39, 0.29) is 13.0 Å². The summed E-state index contributed by atoms with van der Waals surface area (Å²) in [6, 6.07) is 4.76. The highest BCUT2D eigenvalue weighted by molar-refractivity contribution is 5.80. The first kappa shape index (κ1) is 15.4. The predicted molar refractivity (Wildman–Crippen MR) is 75.5 cm³/mol. The lowest BCUT2D eigenvalue weighted by molar-refractivity contribution is -0.311. The number of carboxylic acid groups (broad SMARTS) is 1. The largest absolute Gasteiger partial charge is 0.548 e. The van der Waals surface area contributed by atoms with E-state index in [2.05, 4.69) is 0 Å². The maximum absolute atomic E-state index is 12.2. The third-order valence-corrected chi connectivity index (χ3v) is 3.52. The van der Waals surface area contributed by atoms with E-state index in [0.717, 1.165) is 16.7 Å². The van der Waals surface area contributed by atoms with Crippen molar-refractivity contribution in [2.75, 3.05) is 0 Å². The van der Waals surface area contributed by atoms with Crippen LogP contribution in [0.15, 0.2) is 18.2 Å². The van der Waals surface area contributed by atoms with Crippen molar-refractivity contribution in [1.29, 1.82) is 0 Å². The third-order valence-electron chi connectivity index (χ3n) is 3.52. The standard InChI is InChI=1S/C16H21NO4/c1-10-6-5-7-11-9-17(15(20)21-16(2,3)4)13(14(18)19)8-12(10)11/h5-7,13H,8-9H2,1-4H3,(H,18,19)/p-1/t13-/m0/s1. The molecule has 0 spiro atoms. The first-order valence-electron chi connectivity index (χ1n) is 6.97. The van der Waals surface area contributed by atoms with Crippen LogP contribution in [-0.4, -0.2) is 28.6 Å². The van der Waals surface area contributed by atoms with Gasteiger partial charge < -0.3 is 14.6 Å². The van der Waals surface area contributed by atoms with Crippen molar-refractivity contribution in [2.45, 2.75) is 52.3 Å². The van der Waals surface area contributed by atoms with Gasteiger partial charge in [-0.1, -0.05) is 18.2 Å². The molecular formula is C16H20NO4-. The number of hydrogen-bond acceptors (Lipinski definition) is 4. The maximum atomic E-state index is 12.2. The quantitative estimate of drug-likeness (QED) is 0.784. The van der Waals surface area contributed by atoms with Gasteiger partial charge in [0.1, 0.15) is 5.60 Å². The lowest BCUT2D eigenvalue weighted by atomic mass is 9.91. The normalized spacial score (nSPS) is 18.1. The highest BCUT2D eigenvalue weighted by Gasteiger charge is 2.34. The second-order valence-electron chi connectivity index (χ2n) is 6.36. The summed E-state index contributed by atoms with van der Waals surface area (Å²) in [5.41, 5.74) is 2.30. The van der Waals surface area contributed by atoms with Crippen molar-refractivity contribution in [3.8, 4) is 0 Å². The molecule has 0 bridgehead atoms. The average Bonchev–Trinajstić information content (AvgIpc) is 2.35. The summed E-state index contributed by atoms with van der Waals surface area (Å²) in [6.07, 6.45) is -0.368. The van der Waals surface area contributed by atoms with E-state index in [1.165, 1.54) is 4.90 Å². The van der Waals surface area contributed by atoms with Gasteiger partial charge >= 0.3 is 6.09 Å². The molecule has 0 N–H and O–H groups in total. The van der Waals surface area contributed by atoms with Gasteiger partial charge in [0.15, 0.2) is 0 Å². The van der Waals surface area contributed by atoms with Crippen LogP contribution in [0.3, 0.4) is 0 Å². The van der Waals surface area contributed by atoms with E-state index >= 15 is 0 Å². The Labute approximate surface area is 124 Å². The van der Waals surface area contributed by atoms with Crippen LogP contribution < -0.4 is 5.11 Å². The minimum atomic E-state index is -1.25. The lowest BCUT2D eigenvalue weighted by Gasteiger charge is -2.38. The molecule has 1 aliphatic rings. The van der Waals surface area contributed by atoms with Crippen molar-refractivity contribution in [1.82, 2.24) is 4.90 Å². The molecule has 0 unspecified atom stereocenters. The zero-order chi connectivity index (χ0) is 15.8. The molecule has 5 heteroatoms. The summed E-state index contributed by atoms with van der Waals surface area (Å²) >= 11 is 0. The molecule has 1 aromatic carbocycles. The molecule has 0 saturated heterocycles. The number of rotatable bonds is 1. The average molecular weight is 290 g/mol. The van der Waals surface area contributed by atoms with Crippen molar-refractivity contribution < 1.29 is 19.4 Å². The van der Waals surface area contributed by atoms with E-state index in [0.29, 0.717) is 0 Å². The Morgan fingerprint density at radius 2 is 2.00 bits per heavy atom. The SMILES string of the molecule is Cc1cccc2c1C[C@@H](C(=O)[O-])N(C(=O)OC(C)(C)C)C2. The van der Waals surface area contributed by atoms with Crippen molar-refractivity contribution in [3.05, 3.63) is 34.9 Å². The van der Waals surface area contributed by atoms with Crippen LogP contribution in [0.25, 0.3) is 0 Å². The van der Waals surface area contributed by atoms with Gasteiger partial charge in [-0.3, -0.25) is 4.90 Å². The lowest BCUT2D eigenvalue weighted by Crippen LogP contribution is -2.54. The Kier molecular flexibility index (Phi) is 3.94. The Hall–Kier alpha value is -2.04. The summed E-state index contributed by atoms with van der Waals surface area (Å²) in [6.45, 7) is 7.42. The van der Waals surface area contributed by atoms with E-state index in [9.17, 15) is 14.7 Å². The summed E-state index contributed by atoms with van der Waals surface area (Å²) in [4.78, 5) is 24.9. The fourth-order valence-corrected chi connectivity index (χ4v) is 2.52. The summed E-state index contributed by atoms with van der Waals surface area (Å²) in [5, 5.41) is 11.4. The fraction of sp³-hybridized carbons (Fsp3) is 0.500. The molecule has 21 heavy (non-hydrogen) atoms. The zero-order valence-electron chi connectivity index (χ0n) is 12.8. The van der Waals surface area contributed by atoms with Gasteiger partial charge in [-0.05, 0) is 50.8 Å². The number of hydrogen-bond donors (Lipinski definition) is 0. The van der Waals surface area contributed by atoms with Crippen LogP contribution in [0.4, 0.5) is 4.79 Å². The van der Waals surface area contributed by atoms with Crippen LogP contribution in [0.1, 0.15) is 37.5 Å².